The molecule has 0 amide bonds. The first-order valence-electron chi connectivity index (χ1n) is 6.39. The number of carbonyl (C=O) groups excluding carboxylic acids is 1. The van der Waals surface area contributed by atoms with Crippen LogP contribution < -0.4 is 4.74 Å². The van der Waals surface area contributed by atoms with Crippen molar-refractivity contribution < 1.29 is 9.53 Å². The summed E-state index contributed by atoms with van der Waals surface area (Å²) >= 11 is 0. The molecule has 2 rings (SSSR count). The third-order valence-electron chi connectivity index (χ3n) is 3.00. The molecule has 0 N–H and O–H groups in total. The third-order valence-corrected chi connectivity index (χ3v) is 3.00. The molecule has 0 spiro atoms. The number of benzene rings is 2. The van der Waals surface area contributed by atoms with Crippen molar-refractivity contribution in [1.82, 2.24) is 0 Å². The predicted molar refractivity (Wildman–Crippen MR) is 74.4 cm³/mol. The summed E-state index contributed by atoms with van der Waals surface area (Å²) in [6.45, 7) is 4.42. The summed E-state index contributed by atoms with van der Waals surface area (Å²) in [6.07, 6.45) is 2.13. The molecule has 0 atom stereocenters. The highest BCUT2D eigenvalue weighted by Gasteiger charge is 2.10. The fourth-order valence-corrected chi connectivity index (χ4v) is 2.05. The van der Waals surface area contributed by atoms with Gasteiger partial charge in [0.05, 0.1) is 6.61 Å². The minimum atomic E-state index is 0.0761. The van der Waals surface area contributed by atoms with Gasteiger partial charge >= 0.3 is 0 Å². The van der Waals surface area contributed by atoms with Gasteiger partial charge in [-0.25, -0.2) is 0 Å². The fourth-order valence-electron chi connectivity index (χ4n) is 2.05. The Morgan fingerprint density at radius 2 is 1.89 bits per heavy atom. The van der Waals surface area contributed by atoms with Crippen molar-refractivity contribution in [1.29, 1.82) is 0 Å². The highest BCUT2D eigenvalue weighted by molar-refractivity contribution is 6.09. The zero-order chi connectivity index (χ0) is 13.0. The van der Waals surface area contributed by atoms with Crippen molar-refractivity contribution in [2.75, 3.05) is 6.61 Å². The van der Waals surface area contributed by atoms with E-state index in [1.165, 1.54) is 0 Å². The van der Waals surface area contributed by atoms with Gasteiger partial charge in [-0.3, -0.25) is 4.79 Å². The summed E-state index contributed by atoms with van der Waals surface area (Å²) in [6, 6.07) is 11.7. The van der Waals surface area contributed by atoms with E-state index in [0.29, 0.717) is 6.61 Å². The zero-order valence-corrected chi connectivity index (χ0v) is 10.9. The number of unbranched alkanes of at least 4 members (excludes halogenated alkanes) is 1. The van der Waals surface area contributed by atoms with Gasteiger partial charge in [0, 0.05) is 10.9 Å². The average molecular weight is 242 g/mol. The molecular formula is C16H18O2. The van der Waals surface area contributed by atoms with E-state index in [0.717, 1.165) is 34.9 Å². The van der Waals surface area contributed by atoms with Crippen LogP contribution in [0.1, 0.15) is 37.0 Å². The molecule has 0 aliphatic heterocycles. The van der Waals surface area contributed by atoms with Crippen molar-refractivity contribution in [2.24, 2.45) is 0 Å². The average Bonchev–Trinajstić information content (AvgIpc) is 2.38. The molecule has 0 aliphatic carbocycles. The van der Waals surface area contributed by atoms with Crippen LogP contribution >= 0.6 is 0 Å². The van der Waals surface area contributed by atoms with E-state index in [1.54, 1.807) is 6.92 Å². The number of fused-ring (bicyclic) bond motifs is 1. The Bertz CT molecular complexity index is 553. The first kappa shape index (κ1) is 12.6. The fraction of sp³-hybridized carbons (Fsp3) is 0.312. The molecule has 0 fully saturated rings. The molecule has 0 heterocycles. The van der Waals surface area contributed by atoms with Gasteiger partial charge in [0.2, 0.25) is 0 Å². The van der Waals surface area contributed by atoms with Crippen LogP contribution in [0.3, 0.4) is 0 Å². The molecular weight excluding hydrogens is 224 g/mol. The minimum Gasteiger partial charge on any atom is -0.493 e. The SMILES string of the molecule is CCCCOc1cccc2cccc(C(C)=O)c12. The maximum absolute atomic E-state index is 11.7. The predicted octanol–water partition coefficient (Wildman–Crippen LogP) is 4.22. The standard InChI is InChI=1S/C16H18O2/c1-3-4-11-18-15-10-6-8-13-7-5-9-14(12(2)17)16(13)15/h5-10H,3-4,11H2,1-2H3. The maximum Gasteiger partial charge on any atom is 0.160 e. The Balaban J connectivity index is 2.48. The number of carbonyl (C=O) groups is 1. The van der Waals surface area contributed by atoms with E-state index in [9.17, 15) is 4.79 Å². The van der Waals surface area contributed by atoms with E-state index >= 15 is 0 Å². The highest BCUT2D eigenvalue weighted by Crippen LogP contribution is 2.29. The number of ketones is 1. The Kier molecular flexibility index (Phi) is 3.98. The van der Waals surface area contributed by atoms with E-state index in [4.69, 9.17) is 4.74 Å². The number of Topliss-reactive ketones (excluding diaryl/α,β-unsaturated/α-hetero) is 1. The van der Waals surface area contributed by atoms with Gasteiger partial charge in [0.15, 0.2) is 5.78 Å². The minimum absolute atomic E-state index is 0.0761. The van der Waals surface area contributed by atoms with Gasteiger partial charge in [-0.2, -0.15) is 0 Å². The lowest BCUT2D eigenvalue weighted by atomic mass is 10.0. The molecule has 0 bridgehead atoms. The van der Waals surface area contributed by atoms with Crippen LogP contribution in [-0.2, 0) is 0 Å². The number of hydrogen-bond acceptors (Lipinski definition) is 2. The van der Waals surface area contributed by atoms with Crippen molar-refractivity contribution in [3.63, 3.8) is 0 Å². The molecule has 2 aromatic carbocycles. The lowest BCUT2D eigenvalue weighted by molar-refractivity contribution is 0.101. The van der Waals surface area contributed by atoms with E-state index in [1.807, 2.05) is 36.4 Å². The third kappa shape index (κ3) is 2.53. The van der Waals surface area contributed by atoms with E-state index < -0.39 is 0 Å². The molecule has 2 aromatic rings. The van der Waals surface area contributed by atoms with Gasteiger partial charge < -0.3 is 4.74 Å². The summed E-state index contributed by atoms with van der Waals surface area (Å²) in [5.41, 5.74) is 0.736. The molecule has 0 aromatic heterocycles. The van der Waals surface area contributed by atoms with Crippen LogP contribution in [0.15, 0.2) is 36.4 Å². The van der Waals surface area contributed by atoms with Crippen molar-refractivity contribution in [3.05, 3.63) is 42.0 Å². The maximum atomic E-state index is 11.7. The van der Waals surface area contributed by atoms with Gasteiger partial charge in [0.1, 0.15) is 5.75 Å². The van der Waals surface area contributed by atoms with E-state index in [-0.39, 0.29) is 5.78 Å². The molecule has 0 radical (unpaired) electrons. The van der Waals surface area contributed by atoms with Crippen LogP contribution in [0.5, 0.6) is 5.75 Å². The lowest BCUT2D eigenvalue weighted by Gasteiger charge is -2.11. The smallest absolute Gasteiger partial charge is 0.160 e. The summed E-state index contributed by atoms with van der Waals surface area (Å²) in [5, 5.41) is 1.99. The van der Waals surface area contributed by atoms with Crippen molar-refractivity contribution in [3.8, 4) is 5.75 Å². The van der Waals surface area contributed by atoms with Crippen LogP contribution in [0.2, 0.25) is 0 Å². The number of rotatable bonds is 5. The molecule has 0 saturated heterocycles. The van der Waals surface area contributed by atoms with Crippen molar-refractivity contribution >= 4 is 16.6 Å². The molecule has 2 nitrogen and oxygen atoms in total. The summed E-state index contributed by atoms with van der Waals surface area (Å²) < 4.78 is 5.80. The van der Waals surface area contributed by atoms with Gasteiger partial charge in [0.25, 0.3) is 0 Å². The molecule has 94 valence electrons. The Hall–Kier alpha value is -1.83. The normalized spacial score (nSPS) is 10.6. The van der Waals surface area contributed by atoms with E-state index in [2.05, 4.69) is 6.92 Å². The molecule has 0 aliphatic rings. The van der Waals surface area contributed by atoms with Crippen LogP contribution in [0.25, 0.3) is 10.8 Å². The van der Waals surface area contributed by atoms with Crippen LogP contribution in [-0.4, -0.2) is 12.4 Å². The number of hydrogen-bond donors (Lipinski definition) is 0. The van der Waals surface area contributed by atoms with Crippen LogP contribution in [0, 0.1) is 0 Å². The zero-order valence-electron chi connectivity index (χ0n) is 10.9. The van der Waals surface area contributed by atoms with Crippen LogP contribution in [0.4, 0.5) is 0 Å². The Labute approximate surface area is 108 Å². The Morgan fingerprint density at radius 3 is 2.56 bits per heavy atom. The highest BCUT2D eigenvalue weighted by atomic mass is 16.5. The Morgan fingerprint density at radius 1 is 1.17 bits per heavy atom. The summed E-state index contributed by atoms with van der Waals surface area (Å²) in [5.74, 6) is 0.888. The van der Waals surface area contributed by atoms with Gasteiger partial charge in [-0.15, -0.1) is 0 Å². The quantitative estimate of drug-likeness (QED) is 0.579. The second-order valence-corrected chi connectivity index (χ2v) is 4.42. The monoisotopic (exact) mass is 242 g/mol. The van der Waals surface area contributed by atoms with Gasteiger partial charge in [-0.1, -0.05) is 43.7 Å². The summed E-state index contributed by atoms with van der Waals surface area (Å²) in [4.78, 5) is 11.7. The molecule has 0 saturated carbocycles. The van der Waals surface area contributed by atoms with Crippen molar-refractivity contribution in [2.45, 2.75) is 26.7 Å². The second kappa shape index (κ2) is 5.67. The summed E-state index contributed by atoms with van der Waals surface area (Å²) in [7, 11) is 0. The lowest BCUT2D eigenvalue weighted by Crippen LogP contribution is -2.00. The second-order valence-electron chi connectivity index (χ2n) is 4.42. The van der Waals surface area contributed by atoms with Gasteiger partial charge in [-0.05, 0) is 24.8 Å². The first-order chi connectivity index (χ1) is 8.74. The first-order valence-corrected chi connectivity index (χ1v) is 6.39. The molecule has 2 heteroatoms. The topological polar surface area (TPSA) is 26.3 Å². The molecule has 0 unspecified atom stereocenters. The largest absolute Gasteiger partial charge is 0.493 e. The number of ether oxygens (including phenoxy) is 1. The molecule has 18 heavy (non-hydrogen) atoms.